The van der Waals surface area contributed by atoms with Crippen LogP contribution >= 0.6 is 7.82 Å². The Bertz CT molecular complexity index is 334. The van der Waals surface area contributed by atoms with E-state index in [2.05, 4.69) is 9.84 Å². The quantitative estimate of drug-likeness (QED) is 0.203. The van der Waals surface area contributed by atoms with Crippen molar-refractivity contribution in [1.29, 1.82) is 0 Å². The molecule has 1 rings (SSSR count). The van der Waals surface area contributed by atoms with Gasteiger partial charge in [-0.3, -0.25) is 9.84 Å². The van der Waals surface area contributed by atoms with E-state index < -0.39 is 51.3 Å². The first-order chi connectivity index (χ1) is 8.61. The van der Waals surface area contributed by atoms with Gasteiger partial charge in [0.1, 0.15) is 24.5 Å². The molecule has 114 valence electrons. The lowest BCUT2D eigenvalue weighted by molar-refractivity contribution is -0.256. The van der Waals surface area contributed by atoms with Crippen molar-refractivity contribution in [3.05, 3.63) is 0 Å². The summed E-state index contributed by atoms with van der Waals surface area (Å²) in [7, 11) is -4.75. The molecule has 0 bridgehead atoms. The summed E-state index contributed by atoms with van der Waals surface area (Å²) < 4.78 is 19.5. The van der Waals surface area contributed by atoms with Gasteiger partial charge in [-0.05, 0) is 6.92 Å². The number of aliphatic hydroxyl groups excluding tert-OH is 4. The summed E-state index contributed by atoms with van der Waals surface area (Å²) in [5, 5.41) is 40.5. The smallest absolute Gasteiger partial charge is 0.388 e. The van der Waals surface area contributed by atoms with Gasteiger partial charge >= 0.3 is 7.82 Å². The predicted molar refractivity (Wildman–Crippen MR) is 59.5 cm³/mol. The van der Waals surface area contributed by atoms with Crippen molar-refractivity contribution < 1.29 is 44.0 Å². The van der Waals surface area contributed by atoms with Gasteiger partial charge in [0, 0.05) is 0 Å². The van der Waals surface area contributed by atoms with Crippen molar-refractivity contribution in [1.82, 2.24) is 5.32 Å². The second kappa shape index (κ2) is 6.55. The van der Waals surface area contributed by atoms with Gasteiger partial charge < -0.3 is 34.9 Å². The molecule has 19 heavy (non-hydrogen) atoms. The molecular weight excluding hydrogens is 285 g/mol. The lowest BCUT2D eigenvalue weighted by Gasteiger charge is -2.41. The zero-order valence-corrected chi connectivity index (χ0v) is 10.9. The summed E-state index contributed by atoms with van der Waals surface area (Å²) in [6.07, 6.45) is -7.02. The molecule has 0 spiro atoms. The minimum Gasteiger partial charge on any atom is -0.388 e. The lowest BCUT2D eigenvalue weighted by atomic mass is 9.97. The highest BCUT2D eigenvalue weighted by atomic mass is 31.2. The summed E-state index contributed by atoms with van der Waals surface area (Å²) in [6, 6.07) is -1.15. The topological polar surface area (TPSA) is 169 Å². The molecule has 1 heterocycles. The third-order valence-corrected chi connectivity index (χ3v) is 3.05. The number of aliphatic hydroxyl groups is 4. The van der Waals surface area contributed by atoms with Crippen molar-refractivity contribution in [3.63, 3.8) is 0 Å². The van der Waals surface area contributed by atoms with Crippen LogP contribution in [0.25, 0.3) is 0 Å². The van der Waals surface area contributed by atoms with E-state index in [0.29, 0.717) is 0 Å². The first-order valence-corrected chi connectivity index (χ1v) is 6.98. The van der Waals surface area contributed by atoms with Gasteiger partial charge in [0.15, 0.2) is 6.29 Å². The Morgan fingerprint density at radius 2 is 1.89 bits per heavy atom. The molecule has 6 unspecified atom stereocenters. The Hall–Kier alpha value is -0.130. The average Bonchev–Trinajstić information content (AvgIpc) is 2.26. The van der Waals surface area contributed by atoms with Crippen LogP contribution in [0.15, 0.2) is 0 Å². The van der Waals surface area contributed by atoms with Crippen molar-refractivity contribution >= 4 is 7.82 Å². The SMILES string of the molecule is CC(O)NC1C(O)OC(COP(=O)(O)O)C(O)C1O. The maximum Gasteiger partial charge on any atom is 0.469 e. The fraction of sp³-hybridized carbons (Fsp3) is 1.00. The van der Waals surface area contributed by atoms with Gasteiger partial charge in [-0.15, -0.1) is 0 Å². The zero-order chi connectivity index (χ0) is 14.8. The molecule has 0 aromatic rings. The molecule has 0 radical (unpaired) electrons. The highest BCUT2D eigenvalue weighted by Gasteiger charge is 2.44. The van der Waals surface area contributed by atoms with E-state index in [-0.39, 0.29) is 0 Å². The van der Waals surface area contributed by atoms with E-state index in [1.54, 1.807) is 0 Å². The molecule has 7 N–H and O–H groups in total. The molecular formula is C8H18NO9P. The molecule has 0 amide bonds. The Morgan fingerprint density at radius 3 is 2.37 bits per heavy atom. The van der Waals surface area contributed by atoms with Crippen molar-refractivity contribution in [2.24, 2.45) is 0 Å². The third-order valence-electron chi connectivity index (χ3n) is 2.56. The summed E-state index contributed by atoms with van der Waals surface area (Å²) >= 11 is 0. The Morgan fingerprint density at radius 1 is 1.32 bits per heavy atom. The summed E-state index contributed by atoms with van der Waals surface area (Å²) in [5.41, 5.74) is 0. The second-order valence-electron chi connectivity index (χ2n) is 4.20. The maximum absolute atomic E-state index is 10.5. The van der Waals surface area contributed by atoms with Crippen LogP contribution in [0.4, 0.5) is 0 Å². The molecule has 1 aliphatic heterocycles. The first kappa shape index (κ1) is 16.9. The summed E-state index contributed by atoms with van der Waals surface area (Å²) in [5.74, 6) is 0. The highest BCUT2D eigenvalue weighted by Crippen LogP contribution is 2.36. The minimum atomic E-state index is -4.75. The van der Waals surface area contributed by atoms with Crippen LogP contribution in [-0.2, 0) is 13.8 Å². The summed E-state index contributed by atoms with van der Waals surface area (Å²) in [4.78, 5) is 17.0. The fourth-order valence-electron chi connectivity index (χ4n) is 1.71. The van der Waals surface area contributed by atoms with Crippen LogP contribution in [-0.4, -0.2) is 73.7 Å². The van der Waals surface area contributed by atoms with E-state index in [1.807, 2.05) is 0 Å². The van der Waals surface area contributed by atoms with E-state index in [4.69, 9.17) is 19.6 Å². The van der Waals surface area contributed by atoms with Gasteiger partial charge in [-0.1, -0.05) is 0 Å². The number of hydrogen-bond donors (Lipinski definition) is 7. The van der Waals surface area contributed by atoms with Gasteiger partial charge in [0.05, 0.1) is 12.6 Å². The molecule has 0 saturated carbocycles. The molecule has 1 saturated heterocycles. The lowest BCUT2D eigenvalue weighted by Crippen LogP contribution is -2.64. The number of hydrogen-bond acceptors (Lipinski definition) is 8. The fourth-order valence-corrected chi connectivity index (χ4v) is 2.05. The van der Waals surface area contributed by atoms with Crippen LogP contribution < -0.4 is 5.32 Å². The molecule has 0 aromatic heterocycles. The molecule has 6 atom stereocenters. The number of nitrogens with one attached hydrogen (secondary N) is 1. The molecule has 11 heteroatoms. The van der Waals surface area contributed by atoms with Gasteiger partial charge in [-0.2, -0.15) is 0 Å². The van der Waals surface area contributed by atoms with E-state index in [1.165, 1.54) is 6.92 Å². The molecule has 0 aromatic carbocycles. The molecule has 1 fully saturated rings. The number of phosphoric ester groups is 1. The highest BCUT2D eigenvalue weighted by molar-refractivity contribution is 7.46. The standard InChI is InChI=1S/C8H18NO9P/c1-3(10)9-5-7(12)6(11)4(18-8(5)13)2-17-19(14,15)16/h3-13H,2H2,1H3,(H2,14,15,16). The van der Waals surface area contributed by atoms with Crippen molar-refractivity contribution in [2.45, 2.75) is 43.8 Å². The monoisotopic (exact) mass is 303 g/mol. The minimum absolute atomic E-state index is 0.707. The van der Waals surface area contributed by atoms with Crippen LogP contribution in [0.1, 0.15) is 6.92 Å². The Balaban J connectivity index is 2.64. The Kier molecular flexibility index (Phi) is 5.83. The van der Waals surface area contributed by atoms with Crippen LogP contribution in [0, 0.1) is 0 Å². The van der Waals surface area contributed by atoms with E-state index in [9.17, 15) is 19.9 Å². The van der Waals surface area contributed by atoms with Crippen molar-refractivity contribution in [3.8, 4) is 0 Å². The number of phosphoric acid groups is 1. The van der Waals surface area contributed by atoms with Gasteiger partial charge in [0.2, 0.25) is 0 Å². The molecule has 10 nitrogen and oxygen atoms in total. The zero-order valence-electron chi connectivity index (χ0n) is 10.0. The normalized spacial score (nSPS) is 38.2. The summed E-state index contributed by atoms with van der Waals surface area (Å²) in [6.45, 7) is 0.635. The Labute approximate surface area is 108 Å². The van der Waals surface area contributed by atoms with Gasteiger partial charge in [-0.25, -0.2) is 4.57 Å². The van der Waals surface area contributed by atoms with Crippen LogP contribution in [0.2, 0.25) is 0 Å². The predicted octanol–water partition coefficient (Wildman–Crippen LogP) is -3.17. The average molecular weight is 303 g/mol. The van der Waals surface area contributed by atoms with Crippen LogP contribution in [0.5, 0.6) is 0 Å². The third kappa shape index (κ3) is 5.04. The second-order valence-corrected chi connectivity index (χ2v) is 5.44. The van der Waals surface area contributed by atoms with E-state index in [0.717, 1.165) is 0 Å². The number of rotatable bonds is 5. The first-order valence-electron chi connectivity index (χ1n) is 5.45. The van der Waals surface area contributed by atoms with Crippen molar-refractivity contribution in [2.75, 3.05) is 6.61 Å². The molecule has 1 aliphatic rings. The van der Waals surface area contributed by atoms with Gasteiger partial charge in [0.25, 0.3) is 0 Å². The maximum atomic E-state index is 10.5. The number of ether oxygens (including phenoxy) is 1. The largest absolute Gasteiger partial charge is 0.469 e. The molecule has 0 aliphatic carbocycles. The van der Waals surface area contributed by atoms with E-state index >= 15 is 0 Å². The van der Waals surface area contributed by atoms with Crippen LogP contribution in [0.3, 0.4) is 0 Å².